The van der Waals surface area contributed by atoms with E-state index in [4.69, 9.17) is 32.7 Å². The van der Waals surface area contributed by atoms with E-state index < -0.39 is 5.97 Å². The molecule has 0 heterocycles. The Labute approximate surface area is 168 Å². The van der Waals surface area contributed by atoms with Crippen LogP contribution >= 0.6 is 23.2 Å². The van der Waals surface area contributed by atoms with Crippen LogP contribution in [0.1, 0.15) is 5.56 Å². The number of esters is 1. The largest absolute Gasteiger partial charge is 0.487 e. The van der Waals surface area contributed by atoms with Crippen molar-refractivity contribution in [3.05, 3.63) is 63.6 Å². The van der Waals surface area contributed by atoms with E-state index in [1.165, 1.54) is 6.08 Å². The molecule has 2 aromatic carbocycles. The molecule has 0 N–H and O–H groups in total. The number of para-hydroxylation sites is 1. The number of halogens is 2. The van der Waals surface area contributed by atoms with E-state index in [0.717, 1.165) is 11.3 Å². The monoisotopic (exact) mass is 404 g/mol. The molecule has 140 valence electrons. The highest BCUT2D eigenvalue weighted by atomic mass is 35.5. The van der Waals surface area contributed by atoms with Gasteiger partial charge in [-0.05, 0) is 35.9 Å². The van der Waals surface area contributed by atoms with E-state index in [0.29, 0.717) is 15.8 Å². The second-order valence-electron chi connectivity index (χ2n) is 5.69. The van der Waals surface area contributed by atoms with E-state index in [-0.39, 0.29) is 18.8 Å². The molecule has 0 amide bonds. The quantitative estimate of drug-likeness (QED) is 0.292. The van der Waals surface area contributed by atoms with Gasteiger partial charge in [-0.3, -0.25) is 0 Å². The highest BCUT2D eigenvalue weighted by Gasteiger charge is 2.12. The summed E-state index contributed by atoms with van der Waals surface area (Å²) in [6, 6.07) is 14.3. The molecule has 27 heavy (non-hydrogen) atoms. The molecule has 0 saturated heterocycles. The van der Waals surface area contributed by atoms with Gasteiger partial charge in [0, 0.05) is 19.8 Å². The topological polar surface area (TPSA) is 62.6 Å². The highest BCUT2D eigenvalue weighted by molar-refractivity contribution is 6.37. The molecule has 0 bridgehead atoms. The number of ether oxygens (including phenoxy) is 2. The first kappa shape index (κ1) is 20.6. The smallest absolute Gasteiger partial charge is 0.349 e. The fourth-order valence-electron chi connectivity index (χ4n) is 2.15. The molecular formula is C20H18Cl2N2O3. The van der Waals surface area contributed by atoms with Gasteiger partial charge in [0.25, 0.3) is 0 Å². The van der Waals surface area contributed by atoms with Crippen LogP contribution in [-0.2, 0) is 9.53 Å². The maximum absolute atomic E-state index is 12.1. The molecular weight excluding hydrogens is 387 g/mol. The molecule has 0 aliphatic carbocycles. The molecule has 0 aromatic heterocycles. The average molecular weight is 405 g/mol. The lowest BCUT2D eigenvalue weighted by molar-refractivity contribution is -0.139. The summed E-state index contributed by atoms with van der Waals surface area (Å²) in [5.41, 5.74) is 1.65. The Kier molecular flexibility index (Phi) is 7.54. The Hall–Kier alpha value is -2.68. The van der Waals surface area contributed by atoms with Crippen LogP contribution in [0.2, 0.25) is 10.0 Å². The SMILES string of the molecule is CN(C)c1ccc(/C=C(\C#N)C(=O)OCCOc2c(Cl)cccc2Cl)cc1. The molecule has 0 aliphatic rings. The van der Waals surface area contributed by atoms with Crippen LogP contribution in [0.3, 0.4) is 0 Å². The summed E-state index contributed by atoms with van der Waals surface area (Å²) in [4.78, 5) is 14.0. The third-order valence-corrected chi connectivity index (χ3v) is 4.14. The van der Waals surface area contributed by atoms with Crippen LogP contribution in [-0.4, -0.2) is 33.3 Å². The first-order chi connectivity index (χ1) is 12.9. The molecule has 5 nitrogen and oxygen atoms in total. The number of nitrogens with zero attached hydrogens (tertiary/aromatic N) is 2. The number of benzene rings is 2. The predicted molar refractivity (Wildman–Crippen MR) is 107 cm³/mol. The van der Waals surface area contributed by atoms with Gasteiger partial charge in [-0.25, -0.2) is 4.79 Å². The standard InChI is InChI=1S/C20H18Cl2N2O3/c1-24(2)16-8-6-14(7-9-16)12-15(13-23)20(25)27-11-10-26-19-17(21)4-3-5-18(19)22/h3-9,12H,10-11H2,1-2H3/b15-12+. The maximum Gasteiger partial charge on any atom is 0.349 e. The van der Waals surface area contributed by atoms with Crippen LogP contribution in [0, 0.1) is 11.3 Å². The van der Waals surface area contributed by atoms with Crippen molar-refractivity contribution < 1.29 is 14.3 Å². The first-order valence-corrected chi connectivity index (χ1v) is 8.81. The van der Waals surface area contributed by atoms with Gasteiger partial charge >= 0.3 is 5.97 Å². The van der Waals surface area contributed by atoms with Crippen LogP contribution < -0.4 is 9.64 Å². The van der Waals surface area contributed by atoms with Crippen molar-refractivity contribution in [2.24, 2.45) is 0 Å². The minimum absolute atomic E-state index is 0.0427. The molecule has 0 spiro atoms. The van der Waals surface area contributed by atoms with E-state index in [1.807, 2.05) is 49.3 Å². The third-order valence-electron chi connectivity index (χ3n) is 3.54. The minimum Gasteiger partial charge on any atom is -0.487 e. The van der Waals surface area contributed by atoms with Gasteiger partial charge in [0.05, 0.1) is 10.0 Å². The van der Waals surface area contributed by atoms with Crippen LogP contribution in [0.5, 0.6) is 5.75 Å². The second-order valence-corrected chi connectivity index (χ2v) is 6.51. The van der Waals surface area contributed by atoms with Gasteiger partial charge in [0.1, 0.15) is 24.9 Å². The lowest BCUT2D eigenvalue weighted by atomic mass is 10.1. The lowest BCUT2D eigenvalue weighted by Gasteiger charge is -2.12. The molecule has 0 radical (unpaired) electrons. The van der Waals surface area contributed by atoms with Crippen molar-refractivity contribution in [2.75, 3.05) is 32.2 Å². The first-order valence-electron chi connectivity index (χ1n) is 8.05. The zero-order valence-electron chi connectivity index (χ0n) is 14.9. The fourth-order valence-corrected chi connectivity index (χ4v) is 2.66. The van der Waals surface area contributed by atoms with E-state index in [9.17, 15) is 10.1 Å². The van der Waals surface area contributed by atoms with Crippen LogP contribution in [0.15, 0.2) is 48.0 Å². The number of nitriles is 1. The Morgan fingerprint density at radius 1 is 1.11 bits per heavy atom. The lowest BCUT2D eigenvalue weighted by Crippen LogP contribution is -2.13. The Balaban J connectivity index is 1.92. The summed E-state index contributed by atoms with van der Waals surface area (Å²) in [5, 5.41) is 9.95. The number of hydrogen-bond acceptors (Lipinski definition) is 5. The highest BCUT2D eigenvalue weighted by Crippen LogP contribution is 2.32. The molecule has 0 aliphatic heterocycles. The third kappa shape index (κ3) is 5.92. The van der Waals surface area contributed by atoms with Crippen molar-refractivity contribution in [2.45, 2.75) is 0 Å². The fraction of sp³-hybridized carbons (Fsp3) is 0.200. The van der Waals surface area contributed by atoms with Gasteiger partial charge in [0.15, 0.2) is 5.75 Å². The van der Waals surface area contributed by atoms with Crippen molar-refractivity contribution in [1.29, 1.82) is 5.26 Å². The second kappa shape index (κ2) is 9.86. The Morgan fingerprint density at radius 3 is 2.30 bits per heavy atom. The van der Waals surface area contributed by atoms with Gasteiger partial charge in [-0.15, -0.1) is 0 Å². The number of anilines is 1. The number of carbonyl (C=O) groups excluding carboxylic acids is 1. The number of hydrogen-bond donors (Lipinski definition) is 0. The zero-order valence-corrected chi connectivity index (χ0v) is 16.4. The summed E-state index contributed by atoms with van der Waals surface area (Å²) in [6.07, 6.45) is 1.48. The number of carbonyl (C=O) groups is 1. The van der Waals surface area contributed by atoms with E-state index in [2.05, 4.69) is 0 Å². The van der Waals surface area contributed by atoms with Crippen LogP contribution in [0.4, 0.5) is 5.69 Å². The van der Waals surface area contributed by atoms with Crippen molar-refractivity contribution in [1.82, 2.24) is 0 Å². The molecule has 2 rings (SSSR count). The maximum atomic E-state index is 12.1. The minimum atomic E-state index is -0.719. The van der Waals surface area contributed by atoms with Crippen molar-refractivity contribution in [3.63, 3.8) is 0 Å². The Morgan fingerprint density at radius 2 is 1.74 bits per heavy atom. The molecule has 7 heteroatoms. The average Bonchev–Trinajstić information content (AvgIpc) is 2.65. The summed E-state index contributed by atoms with van der Waals surface area (Å²) >= 11 is 12.0. The normalized spacial score (nSPS) is 10.9. The van der Waals surface area contributed by atoms with Gasteiger partial charge in [0.2, 0.25) is 0 Å². The summed E-state index contributed by atoms with van der Waals surface area (Å²) in [5.74, 6) is -0.392. The molecule has 0 fully saturated rings. The summed E-state index contributed by atoms with van der Waals surface area (Å²) in [7, 11) is 3.86. The zero-order chi connectivity index (χ0) is 19.8. The summed E-state index contributed by atoms with van der Waals surface area (Å²) in [6.45, 7) is 0.0183. The number of rotatable bonds is 7. The van der Waals surface area contributed by atoms with E-state index in [1.54, 1.807) is 18.2 Å². The van der Waals surface area contributed by atoms with E-state index >= 15 is 0 Å². The Bertz CT molecular complexity index is 852. The van der Waals surface area contributed by atoms with Gasteiger partial charge < -0.3 is 14.4 Å². The van der Waals surface area contributed by atoms with Gasteiger partial charge in [-0.2, -0.15) is 5.26 Å². The molecule has 0 unspecified atom stereocenters. The molecule has 0 atom stereocenters. The van der Waals surface area contributed by atoms with Gasteiger partial charge in [-0.1, -0.05) is 41.4 Å². The molecule has 2 aromatic rings. The summed E-state index contributed by atoms with van der Waals surface area (Å²) < 4.78 is 10.5. The molecule has 0 saturated carbocycles. The van der Waals surface area contributed by atoms with Crippen molar-refractivity contribution in [3.8, 4) is 11.8 Å². The predicted octanol–water partition coefficient (Wildman–Crippen LogP) is 4.59. The van der Waals surface area contributed by atoms with Crippen LogP contribution in [0.25, 0.3) is 6.08 Å². The van der Waals surface area contributed by atoms with Crippen molar-refractivity contribution >= 4 is 40.9 Å².